The van der Waals surface area contributed by atoms with Crippen molar-refractivity contribution in [2.75, 3.05) is 31.9 Å². The van der Waals surface area contributed by atoms with Crippen LogP contribution in [0.2, 0.25) is 0 Å². The van der Waals surface area contributed by atoms with Crippen LogP contribution in [0.15, 0.2) is 35.2 Å². The molecule has 1 aromatic carbocycles. The van der Waals surface area contributed by atoms with Crippen LogP contribution in [0.5, 0.6) is 0 Å². The molecule has 0 aliphatic carbocycles. The summed E-state index contributed by atoms with van der Waals surface area (Å²) >= 11 is 0. The first-order valence-corrected chi connectivity index (χ1v) is 10.6. The van der Waals surface area contributed by atoms with Crippen LogP contribution in [0.25, 0.3) is 0 Å². The molecule has 0 bridgehead atoms. The number of hydrogen-bond acceptors (Lipinski definition) is 4. The molecule has 140 valence electrons. The number of rotatable bonds is 7. The number of nitrogens with zero attached hydrogens (tertiary/aromatic N) is 1. The molecule has 25 heavy (non-hydrogen) atoms. The summed E-state index contributed by atoms with van der Waals surface area (Å²) in [6, 6.07) is 7.99. The third kappa shape index (κ3) is 6.66. The molecule has 1 fully saturated rings. The molecule has 0 aromatic heterocycles. The molecule has 2 amide bonds. The monoisotopic (exact) mass is 367 g/mol. The molecule has 0 radical (unpaired) electrons. The lowest BCUT2D eigenvalue weighted by Crippen LogP contribution is -2.48. The van der Waals surface area contributed by atoms with E-state index in [9.17, 15) is 13.2 Å². The third-order valence-corrected chi connectivity index (χ3v) is 6.14. The molecular formula is C18H29N3O3S. The van der Waals surface area contributed by atoms with E-state index in [1.165, 1.54) is 12.8 Å². The SMILES string of the molecule is CC1CCCN(CC(C)NC(=O)NCCS(=O)(=O)c2ccccc2)C1. The highest BCUT2D eigenvalue weighted by molar-refractivity contribution is 7.91. The van der Waals surface area contributed by atoms with Crippen LogP contribution in [0.4, 0.5) is 4.79 Å². The largest absolute Gasteiger partial charge is 0.337 e. The maximum absolute atomic E-state index is 12.2. The van der Waals surface area contributed by atoms with Crippen LogP contribution < -0.4 is 10.6 Å². The van der Waals surface area contributed by atoms with Crippen molar-refractivity contribution in [3.05, 3.63) is 30.3 Å². The smallest absolute Gasteiger partial charge is 0.315 e. The van der Waals surface area contributed by atoms with Crippen molar-refractivity contribution in [1.82, 2.24) is 15.5 Å². The summed E-state index contributed by atoms with van der Waals surface area (Å²) in [6.07, 6.45) is 2.48. The summed E-state index contributed by atoms with van der Waals surface area (Å²) in [5, 5.41) is 5.52. The third-order valence-electron chi connectivity index (χ3n) is 4.41. The number of carbonyl (C=O) groups excluding carboxylic acids is 1. The van der Waals surface area contributed by atoms with Crippen LogP contribution in [0, 0.1) is 5.92 Å². The van der Waals surface area contributed by atoms with Gasteiger partial charge >= 0.3 is 6.03 Å². The van der Waals surface area contributed by atoms with Gasteiger partial charge in [0.15, 0.2) is 9.84 Å². The van der Waals surface area contributed by atoms with Crippen molar-refractivity contribution < 1.29 is 13.2 Å². The zero-order valence-corrected chi connectivity index (χ0v) is 15.9. The average molecular weight is 368 g/mol. The fourth-order valence-corrected chi connectivity index (χ4v) is 4.38. The first-order chi connectivity index (χ1) is 11.9. The fourth-order valence-electron chi connectivity index (χ4n) is 3.20. The molecule has 1 saturated heterocycles. The fraction of sp³-hybridized carbons (Fsp3) is 0.611. The molecule has 1 heterocycles. The lowest BCUT2D eigenvalue weighted by atomic mass is 10.00. The number of nitrogens with one attached hydrogen (secondary N) is 2. The van der Waals surface area contributed by atoms with E-state index < -0.39 is 9.84 Å². The number of likely N-dealkylation sites (tertiary alicyclic amines) is 1. The highest BCUT2D eigenvalue weighted by atomic mass is 32.2. The molecule has 7 heteroatoms. The number of urea groups is 1. The number of benzene rings is 1. The van der Waals surface area contributed by atoms with Gasteiger partial charge in [-0.2, -0.15) is 0 Å². The standard InChI is InChI=1S/C18H29N3O3S/c1-15-7-6-11-21(13-15)14-16(2)20-18(22)19-10-12-25(23,24)17-8-4-3-5-9-17/h3-5,8-9,15-16H,6-7,10-14H2,1-2H3,(H2,19,20,22). The summed E-state index contributed by atoms with van der Waals surface area (Å²) < 4.78 is 24.3. The second-order valence-corrected chi connectivity index (χ2v) is 9.05. The van der Waals surface area contributed by atoms with Gasteiger partial charge in [-0.3, -0.25) is 0 Å². The van der Waals surface area contributed by atoms with Crippen molar-refractivity contribution in [3.63, 3.8) is 0 Å². The predicted molar refractivity (Wildman–Crippen MR) is 99.3 cm³/mol. The highest BCUT2D eigenvalue weighted by Crippen LogP contribution is 2.15. The minimum Gasteiger partial charge on any atom is -0.337 e. The van der Waals surface area contributed by atoms with Gasteiger partial charge in [0.1, 0.15) is 0 Å². The zero-order valence-electron chi connectivity index (χ0n) is 15.1. The van der Waals surface area contributed by atoms with Gasteiger partial charge < -0.3 is 15.5 Å². The number of amides is 2. The normalized spacial score (nSPS) is 20.0. The Morgan fingerprint density at radius 2 is 2.04 bits per heavy atom. The number of carbonyl (C=O) groups is 1. The summed E-state index contributed by atoms with van der Waals surface area (Å²) in [4.78, 5) is 14.6. The molecule has 0 spiro atoms. The maximum Gasteiger partial charge on any atom is 0.315 e. The van der Waals surface area contributed by atoms with Crippen LogP contribution in [0.1, 0.15) is 26.7 Å². The van der Waals surface area contributed by atoms with Crippen LogP contribution >= 0.6 is 0 Å². The van der Waals surface area contributed by atoms with Crippen molar-refractivity contribution in [1.29, 1.82) is 0 Å². The Labute approximate surface area is 150 Å². The van der Waals surface area contributed by atoms with E-state index in [0.29, 0.717) is 5.92 Å². The van der Waals surface area contributed by atoms with Gasteiger partial charge in [0, 0.05) is 25.7 Å². The summed E-state index contributed by atoms with van der Waals surface area (Å²) in [6.45, 7) is 7.29. The molecule has 6 nitrogen and oxygen atoms in total. The summed E-state index contributed by atoms with van der Waals surface area (Å²) in [5.41, 5.74) is 0. The van der Waals surface area contributed by atoms with E-state index in [4.69, 9.17) is 0 Å². The van der Waals surface area contributed by atoms with Crippen LogP contribution in [0.3, 0.4) is 0 Å². The predicted octanol–water partition coefficient (Wildman–Crippen LogP) is 1.88. The quantitative estimate of drug-likeness (QED) is 0.771. The Morgan fingerprint density at radius 3 is 2.72 bits per heavy atom. The topological polar surface area (TPSA) is 78.5 Å². The molecular weight excluding hydrogens is 338 g/mol. The molecule has 2 atom stereocenters. The van der Waals surface area contributed by atoms with Crippen molar-refractivity contribution in [3.8, 4) is 0 Å². The maximum atomic E-state index is 12.2. The zero-order chi connectivity index (χ0) is 18.3. The van der Waals surface area contributed by atoms with Gasteiger partial charge in [-0.05, 0) is 44.4 Å². The Balaban J connectivity index is 1.70. The molecule has 2 unspecified atom stereocenters. The van der Waals surface area contributed by atoms with Gasteiger partial charge in [0.2, 0.25) is 0 Å². The van der Waals surface area contributed by atoms with Crippen molar-refractivity contribution in [2.45, 2.75) is 37.6 Å². The van der Waals surface area contributed by atoms with E-state index >= 15 is 0 Å². The van der Waals surface area contributed by atoms with E-state index in [2.05, 4.69) is 22.5 Å². The first kappa shape index (κ1) is 19.7. The second kappa shape index (κ2) is 9.20. The summed E-state index contributed by atoms with van der Waals surface area (Å²) in [7, 11) is -3.36. The minimum atomic E-state index is -3.36. The highest BCUT2D eigenvalue weighted by Gasteiger charge is 2.19. The van der Waals surface area contributed by atoms with Crippen molar-refractivity contribution >= 4 is 15.9 Å². The van der Waals surface area contributed by atoms with Gasteiger partial charge in [-0.25, -0.2) is 13.2 Å². The van der Waals surface area contributed by atoms with E-state index in [-0.39, 0.29) is 29.3 Å². The minimum absolute atomic E-state index is 0.0241. The summed E-state index contributed by atoms with van der Waals surface area (Å²) in [5.74, 6) is 0.598. The van der Waals surface area contributed by atoms with Gasteiger partial charge in [-0.1, -0.05) is 25.1 Å². The Bertz CT molecular complexity index is 649. The molecule has 0 saturated carbocycles. The molecule has 2 rings (SSSR count). The lowest BCUT2D eigenvalue weighted by molar-refractivity contribution is 0.169. The molecule has 1 aliphatic heterocycles. The van der Waals surface area contributed by atoms with E-state index in [0.717, 1.165) is 19.6 Å². The Kier molecular flexibility index (Phi) is 7.25. The number of hydrogen-bond donors (Lipinski definition) is 2. The van der Waals surface area contributed by atoms with E-state index in [1.54, 1.807) is 30.3 Å². The van der Waals surface area contributed by atoms with Crippen molar-refractivity contribution in [2.24, 2.45) is 5.92 Å². The van der Waals surface area contributed by atoms with Gasteiger partial charge in [-0.15, -0.1) is 0 Å². The second-order valence-electron chi connectivity index (χ2n) is 6.94. The molecule has 1 aliphatic rings. The van der Waals surface area contributed by atoms with Crippen LogP contribution in [-0.4, -0.2) is 57.3 Å². The Hall–Kier alpha value is -1.60. The number of sulfone groups is 1. The molecule has 2 N–H and O–H groups in total. The van der Waals surface area contributed by atoms with E-state index in [1.807, 2.05) is 6.92 Å². The van der Waals surface area contributed by atoms with Gasteiger partial charge in [0.25, 0.3) is 0 Å². The lowest BCUT2D eigenvalue weighted by Gasteiger charge is -2.32. The number of piperidine rings is 1. The Morgan fingerprint density at radius 1 is 1.32 bits per heavy atom. The molecule has 1 aromatic rings. The first-order valence-electron chi connectivity index (χ1n) is 8.91. The van der Waals surface area contributed by atoms with Gasteiger partial charge in [0.05, 0.1) is 10.6 Å². The average Bonchev–Trinajstić information content (AvgIpc) is 2.55. The van der Waals surface area contributed by atoms with Crippen LogP contribution in [-0.2, 0) is 9.84 Å².